The molecule has 4 rings (SSSR count). The number of aryl methyl sites for hydroxylation is 1. The van der Waals surface area contributed by atoms with Crippen LogP contribution >= 0.6 is 0 Å². The largest absolute Gasteiger partial charge is 0.346 e. The van der Waals surface area contributed by atoms with Crippen LogP contribution in [0.15, 0.2) is 79.9 Å². The highest BCUT2D eigenvalue weighted by atomic mass is 15.0. The Morgan fingerprint density at radius 1 is 0.833 bits per heavy atom. The second kappa shape index (κ2) is 12.7. The van der Waals surface area contributed by atoms with E-state index in [1.807, 2.05) is 59.8 Å². The van der Waals surface area contributed by atoms with Crippen molar-refractivity contribution < 1.29 is 0 Å². The monoisotopic (exact) mass is 401 g/mol. The molecule has 1 aromatic heterocycles. The molecule has 2 atom stereocenters. The number of hydrogen-bond acceptors (Lipinski definition) is 0. The van der Waals surface area contributed by atoms with Crippen molar-refractivity contribution in [1.29, 1.82) is 0 Å². The number of benzene rings is 2. The minimum absolute atomic E-state index is 0.286. The molecule has 160 valence electrons. The van der Waals surface area contributed by atoms with Crippen LogP contribution in [-0.2, 0) is 7.05 Å². The van der Waals surface area contributed by atoms with Gasteiger partial charge >= 0.3 is 0 Å². The predicted octanol–water partition coefficient (Wildman–Crippen LogP) is 9.06. The van der Waals surface area contributed by atoms with Crippen LogP contribution in [0.2, 0.25) is 0 Å². The van der Waals surface area contributed by atoms with Gasteiger partial charge in [0.05, 0.1) is 5.52 Å². The van der Waals surface area contributed by atoms with Gasteiger partial charge in [-0.3, -0.25) is 0 Å². The highest BCUT2D eigenvalue weighted by Gasteiger charge is 2.27. The average Bonchev–Trinajstić information content (AvgIpc) is 3.13. The molecule has 1 nitrogen and oxygen atoms in total. The summed E-state index contributed by atoms with van der Waals surface area (Å²) in [6, 6.07) is 13.1. The van der Waals surface area contributed by atoms with Gasteiger partial charge in [0.2, 0.25) is 0 Å². The van der Waals surface area contributed by atoms with Crippen molar-refractivity contribution in [1.82, 2.24) is 4.57 Å². The number of rotatable bonds is 2. The summed E-state index contributed by atoms with van der Waals surface area (Å²) in [4.78, 5) is 0. The summed E-state index contributed by atoms with van der Waals surface area (Å²) in [5.74, 6) is 0.605. The van der Waals surface area contributed by atoms with Gasteiger partial charge in [-0.15, -0.1) is 13.2 Å². The molecule has 0 N–H and O–H groups in total. The lowest BCUT2D eigenvalue weighted by Crippen LogP contribution is -2.14. The Labute approximate surface area is 184 Å². The van der Waals surface area contributed by atoms with Gasteiger partial charge < -0.3 is 4.57 Å². The summed E-state index contributed by atoms with van der Waals surface area (Å²) in [5, 5.41) is 3.91. The maximum Gasteiger partial charge on any atom is 0.0566 e. The van der Waals surface area contributed by atoms with E-state index in [1.54, 1.807) is 0 Å². The van der Waals surface area contributed by atoms with Crippen molar-refractivity contribution in [3.8, 4) is 0 Å². The first-order valence-electron chi connectivity index (χ1n) is 11.2. The first kappa shape index (κ1) is 25.2. The van der Waals surface area contributed by atoms with E-state index in [-0.39, 0.29) is 5.92 Å². The molecule has 2 unspecified atom stereocenters. The van der Waals surface area contributed by atoms with Crippen molar-refractivity contribution in [2.45, 2.75) is 47.5 Å². The number of allylic oxidation sites excluding steroid dienone is 5. The van der Waals surface area contributed by atoms with Crippen molar-refractivity contribution in [2.24, 2.45) is 13.0 Å². The molecule has 0 saturated heterocycles. The molecular formula is C29H39N. The quantitative estimate of drug-likeness (QED) is 0.377. The van der Waals surface area contributed by atoms with Gasteiger partial charge in [-0.05, 0) is 19.2 Å². The molecule has 0 radical (unpaired) electrons. The molecule has 0 bridgehead atoms. The van der Waals surface area contributed by atoms with Gasteiger partial charge in [0, 0.05) is 40.9 Å². The average molecular weight is 402 g/mol. The lowest BCUT2D eigenvalue weighted by atomic mass is 9.82. The fraction of sp³-hybridized carbons (Fsp3) is 0.310. The van der Waals surface area contributed by atoms with E-state index in [9.17, 15) is 0 Å². The van der Waals surface area contributed by atoms with Crippen molar-refractivity contribution in [3.63, 3.8) is 0 Å². The van der Waals surface area contributed by atoms with Crippen LogP contribution in [0.25, 0.3) is 27.8 Å². The molecule has 0 saturated carbocycles. The predicted molar refractivity (Wildman–Crippen MR) is 139 cm³/mol. The second-order valence-electron chi connectivity index (χ2n) is 6.64. The third-order valence-electron chi connectivity index (χ3n) is 5.24. The van der Waals surface area contributed by atoms with E-state index in [1.165, 1.54) is 32.9 Å². The molecule has 0 amide bonds. The van der Waals surface area contributed by atoms with Crippen LogP contribution in [0.1, 0.15) is 58.7 Å². The summed E-state index contributed by atoms with van der Waals surface area (Å²) in [6.07, 6.45) is 12.6. The topological polar surface area (TPSA) is 4.93 Å². The number of aromatic nitrogens is 1. The Balaban J connectivity index is 0.000000497. The zero-order valence-electron chi connectivity index (χ0n) is 19.9. The number of hydrogen-bond donors (Lipinski definition) is 0. The molecule has 30 heavy (non-hydrogen) atoms. The summed E-state index contributed by atoms with van der Waals surface area (Å²) < 4.78 is 2.35. The van der Waals surface area contributed by atoms with Gasteiger partial charge in [-0.1, -0.05) is 101 Å². The molecule has 1 heteroatoms. The number of nitrogens with zero attached hydrogens (tertiary/aromatic N) is 1. The van der Waals surface area contributed by atoms with Crippen LogP contribution in [0, 0.1) is 5.92 Å². The van der Waals surface area contributed by atoms with Crippen LogP contribution < -0.4 is 0 Å². The second-order valence-corrected chi connectivity index (χ2v) is 6.64. The Morgan fingerprint density at radius 3 is 2.03 bits per heavy atom. The van der Waals surface area contributed by atoms with Gasteiger partial charge in [0.15, 0.2) is 0 Å². The molecule has 2 aromatic carbocycles. The first-order chi connectivity index (χ1) is 14.7. The Kier molecular flexibility index (Phi) is 10.7. The first-order valence-corrected chi connectivity index (χ1v) is 11.2. The Hall–Kier alpha value is -2.80. The fourth-order valence-electron chi connectivity index (χ4n) is 3.85. The normalized spacial score (nSPS) is 16.5. The highest BCUT2D eigenvalue weighted by molar-refractivity contribution is 6.09. The summed E-state index contributed by atoms with van der Waals surface area (Å²) in [7, 11) is 2.17. The smallest absolute Gasteiger partial charge is 0.0566 e. The van der Waals surface area contributed by atoms with Gasteiger partial charge in [-0.2, -0.15) is 0 Å². The Morgan fingerprint density at radius 2 is 1.47 bits per heavy atom. The van der Waals surface area contributed by atoms with E-state index in [0.29, 0.717) is 5.92 Å². The van der Waals surface area contributed by atoms with Crippen molar-refractivity contribution in [2.75, 3.05) is 0 Å². The summed E-state index contributed by atoms with van der Waals surface area (Å²) >= 11 is 0. The van der Waals surface area contributed by atoms with E-state index in [0.717, 1.165) is 0 Å². The zero-order valence-corrected chi connectivity index (χ0v) is 19.9. The maximum absolute atomic E-state index is 4.06. The van der Waals surface area contributed by atoms with Crippen LogP contribution in [0.5, 0.6) is 0 Å². The van der Waals surface area contributed by atoms with E-state index < -0.39 is 0 Å². The highest BCUT2D eigenvalue weighted by Crippen LogP contribution is 2.42. The van der Waals surface area contributed by atoms with E-state index >= 15 is 0 Å². The van der Waals surface area contributed by atoms with Gasteiger partial charge in [-0.25, -0.2) is 0 Å². The molecule has 1 heterocycles. The minimum Gasteiger partial charge on any atom is -0.346 e. The van der Waals surface area contributed by atoms with Crippen molar-refractivity contribution >= 4 is 27.8 Å². The summed E-state index contributed by atoms with van der Waals surface area (Å²) in [6.45, 7) is 20.0. The van der Waals surface area contributed by atoms with Crippen LogP contribution in [0.3, 0.4) is 0 Å². The number of fused-ring (bicyclic) bond motifs is 5. The molecule has 0 spiro atoms. The van der Waals surface area contributed by atoms with E-state index in [4.69, 9.17) is 0 Å². The van der Waals surface area contributed by atoms with Gasteiger partial charge in [0.1, 0.15) is 0 Å². The molecule has 1 aliphatic rings. The molecule has 3 aromatic rings. The molecule has 0 aliphatic heterocycles. The maximum atomic E-state index is 4.06. The van der Waals surface area contributed by atoms with E-state index in [2.05, 4.69) is 79.4 Å². The van der Waals surface area contributed by atoms with Gasteiger partial charge in [0.25, 0.3) is 0 Å². The fourth-order valence-corrected chi connectivity index (χ4v) is 3.85. The summed E-state index contributed by atoms with van der Waals surface area (Å²) in [5.41, 5.74) is 3.98. The van der Waals surface area contributed by atoms with Crippen LogP contribution in [0.4, 0.5) is 0 Å². The van der Waals surface area contributed by atoms with Crippen LogP contribution in [-0.4, -0.2) is 4.57 Å². The third kappa shape index (κ3) is 4.84. The SMILES string of the molecule is C/C=C\C.C=CC1C=Cc2c(n(C)c3c2ccc2ccccc23)C1C=C.CC.CC. The molecule has 0 fully saturated rings. The lowest BCUT2D eigenvalue weighted by molar-refractivity contribution is 0.653. The lowest BCUT2D eigenvalue weighted by Gasteiger charge is -2.24. The zero-order chi connectivity index (χ0) is 22.7. The molecular weight excluding hydrogens is 362 g/mol. The third-order valence-corrected chi connectivity index (χ3v) is 5.24. The Bertz CT molecular complexity index is 1010. The van der Waals surface area contributed by atoms with Crippen molar-refractivity contribution in [3.05, 3.63) is 91.2 Å². The molecule has 1 aliphatic carbocycles. The minimum atomic E-state index is 0.286. The standard InChI is InChI=1S/C21H19N.C4H8.2C2H6/c1-4-14-10-12-18-19-13-11-15-8-6-7-9-17(15)21(19)22(3)20(18)16(14)5-2;1-3-4-2;2*1-2/h4-14,16H,1-2H2,3H3;3-4H,1-2H3;2*1-2H3/b;4-3-;;.